The van der Waals surface area contributed by atoms with E-state index >= 15 is 0 Å². The molecule has 3 N–H and O–H groups in total. The maximum absolute atomic E-state index is 5.91. The fourth-order valence-electron chi connectivity index (χ4n) is 3.18. The summed E-state index contributed by atoms with van der Waals surface area (Å²) in [5, 5.41) is 3.25. The van der Waals surface area contributed by atoms with E-state index in [1.807, 2.05) is 0 Å². The minimum atomic E-state index is 0.645. The van der Waals surface area contributed by atoms with Gasteiger partial charge in [-0.25, -0.2) is 0 Å². The standard InChI is InChI=1S/C15H30N4/c16-15(18-13-14-7-2-1-3-8-14)17-9-6-12-19-10-4-5-11-19/h14H,1-13H2,(H3,16,17,18). The second-order valence-electron chi connectivity index (χ2n) is 6.06. The van der Waals surface area contributed by atoms with Gasteiger partial charge in [0, 0.05) is 13.1 Å². The maximum Gasteiger partial charge on any atom is 0.188 e. The number of aliphatic imine (C=N–C) groups is 1. The Labute approximate surface area is 117 Å². The zero-order valence-corrected chi connectivity index (χ0v) is 12.2. The van der Waals surface area contributed by atoms with Crippen LogP contribution < -0.4 is 11.1 Å². The minimum absolute atomic E-state index is 0.645. The van der Waals surface area contributed by atoms with Crippen LogP contribution in [-0.4, -0.2) is 43.6 Å². The summed E-state index contributed by atoms with van der Waals surface area (Å²) in [5.74, 6) is 1.42. The quantitative estimate of drug-likeness (QED) is 0.439. The van der Waals surface area contributed by atoms with Gasteiger partial charge in [0.1, 0.15) is 0 Å². The Kier molecular flexibility index (Phi) is 6.48. The van der Waals surface area contributed by atoms with Gasteiger partial charge in [-0.3, -0.25) is 4.99 Å². The van der Waals surface area contributed by atoms with Gasteiger partial charge in [-0.2, -0.15) is 0 Å². The summed E-state index contributed by atoms with van der Waals surface area (Å²) >= 11 is 0. The molecule has 1 saturated heterocycles. The molecule has 4 heteroatoms. The Morgan fingerprint density at radius 2 is 1.84 bits per heavy atom. The largest absolute Gasteiger partial charge is 0.370 e. The van der Waals surface area contributed by atoms with E-state index in [4.69, 9.17) is 5.73 Å². The first-order valence-electron chi connectivity index (χ1n) is 8.11. The van der Waals surface area contributed by atoms with E-state index in [1.165, 1.54) is 71.0 Å². The Bertz CT molecular complexity index is 265. The molecule has 0 aromatic carbocycles. The zero-order chi connectivity index (χ0) is 13.3. The van der Waals surface area contributed by atoms with Crippen LogP contribution in [0.1, 0.15) is 51.4 Å². The van der Waals surface area contributed by atoms with Gasteiger partial charge >= 0.3 is 0 Å². The molecule has 2 aliphatic rings. The molecule has 2 rings (SSSR count). The minimum Gasteiger partial charge on any atom is -0.370 e. The predicted molar refractivity (Wildman–Crippen MR) is 81.4 cm³/mol. The lowest BCUT2D eigenvalue weighted by Crippen LogP contribution is -2.34. The van der Waals surface area contributed by atoms with Gasteiger partial charge in [0.2, 0.25) is 0 Å². The number of rotatable bonds is 6. The molecular formula is C15H30N4. The SMILES string of the molecule is NC(=NCC1CCCCC1)NCCCN1CCCC1. The van der Waals surface area contributed by atoms with E-state index < -0.39 is 0 Å². The van der Waals surface area contributed by atoms with Gasteiger partial charge in [-0.1, -0.05) is 19.3 Å². The molecule has 2 fully saturated rings. The fraction of sp³-hybridized carbons (Fsp3) is 0.933. The van der Waals surface area contributed by atoms with E-state index in [-0.39, 0.29) is 0 Å². The highest BCUT2D eigenvalue weighted by atomic mass is 15.1. The normalized spacial score (nSPS) is 22.8. The topological polar surface area (TPSA) is 53.6 Å². The molecule has 1 aliphatic carbocycles. The van der Waals surface area contributed by atoms with Crippen molar-refractivity contribution in [3.05, 3.63) is 0 Å². The molecule has 1 saturated carbocycles. The number of hydrogen-bond acceptors (Lipinski definition) is 2. The van der Waals surface area contributed by atoms with Gasteiger partial charge < -0.3 is 16.0 Å². The molecule has 19 heavy (non-hydrogen) atoms. The third-order valence-electron chi connectivity index (χ3n) is 4.40. The van der Waals surface area contributed by atoms with Crippen LogP contribution in [-0.2, 0) is 0 Å². The van der Waals surface area contributed by atoms with Gasteiger partial charge in [0.05, 0.1) is 0 Å². The van der Waals surface area contributed by atoms with Crippen molar-refractivity contribution < 1.29 is 0 Å². The molecule has 0 aromatic rings. The van der Waals surface area contributed by atoms with Crippen LogP contribution in [0.3, 0.4) is 0 Å². The van der Waals surface area contributed by atoms with Crippen LogP contribution in [0.4, 0.5) is 0 Å². The van der Waals surface area contributed by atoms with Crippen molar-refractivity contribution >= 4 is 5.96 Å². The van der Waals surface area contributed by atoms with Gasteiger partial charge in [0.15, 0.2) is 5.96 Å². The van der Waals surface area contributed by atoms with Gasteiger partial charge in [-0.15, -0.1) is 0 Å². The lowest BCUT2D eigenvalue weighted by atomic mass is 9.89. The van der Waals surface area contributed by atoms with Crippen LogP contribution in [0, 0.1) is 5.92 Å². The van der Waals surface area contributed by atoms with Crippen molar-refractivity contribution in [2.75, 3.05) is 32.7 Å². The molecule has 0 unspecified atom stereocenters. The van der Waals surface area contributed by atoms with Crippen molar-refractivity contribution in [1.82, 2.24) is 10.2 Å². The number of nitrogens with zero attached hydrogens (tertiary/aromatic N) is 2. The third kappa shape index (κ3) is 5.81. The van der Waals surface area contributed by atoms with Crippen molar-refractivity contribution in [3.8, 4) is 0 Å². The summed E-state index contributed by atoms with van der Waals surface area (Å²) < 4.78 is 0. The fourth-order valence-corrected chi connectivity index (χ4v) is 3.18. The summed E-state index contributed by atoms with van der Waals surface area (Å²) in [4.78, 5) is 7.03. The first kappa shape index (κ1) is 14.6. The van der Waals surface area contributed by atoms with E-state index in [0.29, 0.717) is 5.96 Å². The number of nitrogens with one attached hydrogen (secondary N) is 1. The van der Waals surface area contributed by atoms with E-state index in [1.54, 1.807) is 0 Å². The summed E-state index contributed by atoms with van der Waals surface area (Å²) in [5.41, 5.74) is 5.91. The molecule has 0 atom stereocenters. The summed E-state index contributed by atoms with van der Waals surface area (Å²) in [6.07, 6.45) is 10.8. The maximum atomic E-state index is 5.91. The number of likely N-dealkylation sites (tertiary alicyclic amines) is 1. The van der Waals surface area contributed by atoms with Crippen LogP contribution in [0.2, 0.25) is 0 Å². The molecule has 4 nitrogen and oxygen atoms in total. The molecule has 1 heterocycles. The third-order valence-corrected chi connectivity index (χ3v) is 4.40. The average molecular weight is 266 g/mol. The lowest BCUT2D eigenvalue weighted by Gasteiger charge is -2.19. The Balaban J connectivity index is 1.51. The first-order chi connectivity index (χ1) is 9.34. The molecule has 0 bridgehead atoms. The smallest absolute Gasteiger partial charge is 0.188 e. The predicted octanol–water partition coefficient (Wildman–Crippen LogP) is 1.96. The second-order valence-corrected chi connectivity index (χ2v) is 6.06. The summed E-state index contributed by atoms with van der Waals surface area (Å²) in [7, 11) is 0. The highest BCUT2D eigenvalue weighted by Crippen LogP contribution is 2.23. The van der Waals surface area contributed by atoms with Crippen molar-refractivity contribution in [2.24, 2.45) is 16.6 Å². The molecule has 1 aliphatic heterocycles. The Morgan fingerprint density at radius 3 is 2.58 bits per heavy atom. The Morgan fingerprint density at radius 1 is 1.11 bits per heavy atom. The molecule has 0 radical (unpaired) electrons. The highest BCUT2D eigenvalue weighted by molar-refractivity contribution is 5.77. The van der Waals surface area contributed by atoms with E-state index in [0.717, 1.165) is 19.0 Å². The molecule has 110 valence electrons. The van der Waals surface area contributed by atoms with Gasteiger partial charge in [0.25, 0.3) is 0 Å². The zero-order valence-electron chi connectivity index (χ0n) is 12.2. The van der Waals surface area contributed by atoms with Crippen LogP contribution in [0.15, 0.2) is 4.99 Å². The monoisotopic (exact) mass is 266 g/mol. The van der Waals surface area contributed by atoms with Crippen LogP contribution in [0.5, 0.6) is 0 Å². The molecule has 0 aromatic heterocycles. The van der Waals surface area contributed by atoms with E-state index in [9.17, 15) is 0 Å². The lowest BCUT2D eigenvalue weighted by molar-refractivity contribution is 0.334. The molecule has 0 spiro atoms. The number of hydrogen-bond donors (Lipinski definition) is 2. The Hall–Kier alpha value is -0.770. The van der Waals surface area contributed by atoms with Crippen LogP contribution in [0.25, 0.3) is 0 Å². The van der Waals surface area contributed by atoms with Crippen LogP contribution >= 0.6 is 0 Å². The van der Waals surface area contributed by atoms with Crippen molar-refractivity contribution in [3.63, 3.8) is 0 Å². The average Bonchev–Trinajstić information content (AvgIpc) is 2.96. The highest BCUT2D eigenvalue weighted by Gasteiger charge is 2.12. The van der Waals surface area contributed by atoms with Gasteiger partial charge in [-0.05, 0) is 57.7 Å². The molecular weight excluding hydrogens is 236 g/mol. The summed E-state index contributed by atoms with van der Waals surface area (Å²) in [6.45, 7) is 5.64. The van der Waals surface area contributed by atoms with Crippen molar-refractivity contribution in [2.45, 2.75) is 51.4 Å². The summed E-state index contributed by atoms with van der Waals surface area (Å²) in [6, 6.07) is 0. The first-order valence-corrected chi connectivity index (χ1v) is 8.11. The van der Waals surface area contributed by atoms with E-state index in [2.05, 4.69) is 15.2 Å². The number of nitrogens with two attached hydrogens (primary N) is 1. The second kappa shape index (κ2) is 8.41. The van der Waals surface area contributed by atoms with Crippen molar-refractivity contribution in [1.29, 1.82) is 0 Å². The number of guanidine groups is 1. The molecule has 0 amide bonds.